The third-order valence-corrected chi connectivity index (χ3v) is 1.97. The monoisotopic (exact) mass is 233 g/mol. The van der Waals surface area contributed by atoms with Crippen molar-refractivity contribution in [3.63, 3.8) is 0 Å². The highest BCUT2D eigenvalue weighted by Gasteiger charge is 2.13. The van der Waals surface area contributed by atoms with E-state index in [2.05, 4.69) is 10.6 Å². The van der Waals surface area contributed by atoms with Gasteiger partial charge in [0.15, 0.2) is 0 Å². The Labute approximate surface area is 97.9 Å². The maximum Gasteiger partial charge on any atom is 0.325 e. The van der Waals surface area contributed by atoms with Crippen LogP contribution in [0.5, 0.6) is 0 Å². The lowest BCUT2D eigenvalue weighted by atomic mass is 10.2. The van der Waals surface area contributed by atoms with Crippen LogP contribution in [-0.4, -0.2) is 23.1 Å². The van der Waals surface area contributed by atoms with Gasteiger partial charge in [0.25, 0.3) is 0 Å². The van der Waals surface area contributed by atoms with Gasteiger partial charge in [0.2, 0.25) is 0 Å². The molecular weight excluding hydrogens is 222 g/mol. The number of aliphatic carboxylic acids is 1. The van der Waals surface area contributed by atoms with E-state index in [0.29, 0.717) is 11.3 Å². The van der Waals surface area contributed by atoms with E-state index >= 15 is 0 Å². The molecule has 6 nitrogen and oxygen atoms in total. The fourth-order valence-corrected chi connectivity index (χ4v) is 1.09. The Balaban J connectivity index is 2.62. The van der Waals surface area contributed by atoms with E-state index in [1.807, 2.05) is 6.07 Å². The summed E-state index contributed by atoms with van der Waals surface area (Å²) >= 11 is 0. The van der Waals surface area contributed by atoms with Crippen molar-refractivity contribution in [3.05, 3.63) is 29.8 Å². The number of anilines is 1. The summed E-state index contributed by atoms with van der Waals surface area (Å²) in [4.78, 5) is 21.9. The molecule has 0 aliphatic heterocycles. The SMILES string of the molecule is C[C@H](NC(=O)Nc1cccc(C#N)c1)C(=O)O. The van der Waals surface area contributed by atoms with Crippen LogP contribution in [0.3, 0.4) is 0 Å². The van der Waals surface area contributed by atoms with Crippen LogP contribution in [0, 0.1) is 11.3 Å². The van der Waals surface area contributed by atoms with E-state index in [0.717, 1.165) is 0 Å². The van der Waals surface area contributed by atoms with Gasteiger partial charge in [-0.3, -0.25) is 4.79 Å². The van der Waals surface area contributed by atoms with Gasteiger partial charge in [0, 0.05) is 5.69 Å². The lowest BCUT2D eigenvalue weighted by Crippen LogP contribution is -2.40. The maximum atomic E-state index is 11.4. The van der Waals surface area contributed by atoms with Crippen LogP contribution in [0.25, 0.3) is 0 Å². The smallest absolute Gasteiger partial charge is 0.325 e. The molecule has 0 aromatic heterocycles. The molecule has 0 fully saturated rings. The zero-order valence-electron chi connectivity index (χ0n) is 9.10. The van der Waals surface area contributed by atoms with Crippen LogP contribution in [0.15, 0.2) is 24.3 Å². The van der Waals surface area contributed by atoms with Gasteiger partial charge >= 0.3 is 12.0 Å². The van der Waals surface area contributed by atoms with Crippen molar-refractivity contribution in [3.8, 4) is 6.07 Å². The molecule has 1 aromatic rings. The molecule has 1 rings (SSSR count). The molecular formula is C11H11N3O3. The van der Waals surface area contributed by atoms with Gasteiger partial charge in [-0.1, -0.05) is 6.07 Å². The van der Waals surface area contributed by atoms with E-state index in [-0.39, 0.29) is 0 Å². The second kappa shape index (κ2) is 5.51. The first-order chi connectivity index (χ1) is 8.02. The molecule has 1 aromatic carbocycles. The van der Waals surface area contributed by atoms with Crippen molar-refractivity contribution in [1.82, 2.24) is 5.32 Å². The van der Waals surface area contributed by atoms with E-state index in [4.69, 9.17) is 10.4 Å². The van der Waals surface area contributed by atoms with E-state index in [1.54, 1.807) is 18.2 Å². The van der Waals surface area contributed by atoms with Crippen molar-refractivity contribution in [2.45, 2.75) is 13.0 Å². The number of nitriles is 1. The molecule has 0 saturated heterocycles. The fraction of sp³-hybridized carbons (Fsp3) is 0.182. The second-order valence-electron chi connectivity index (χ2n) is 3.35. The van der Waals surface area contributed by atoms with Crippen molar-refractivity contribution in [2.75, 3.05) is 5.32 Å². The molecule has 3 N–H and O–H groups in total. The summed E-state index contributed by atoms with van der Waals surface area (Å²) in [6.45, 7) is 1.35. The molecule has 0 saturated carbocycles. The molecule has 6 heteroatoms. The Hall–Kier alpha value is -2.55. The molecule has 0 aliphatic carbocycles. The molecule has 1 atom stereocenters. The Bertz CT molecular complexity index is 479. The number of nitrogens with zero attached hydrogens (tertiary/aromatic N) is 1. The van der Waals surface area contributed by atoms with Gasteiger partial charge in [-0.05, 0) is 25.1 Å². The van der Waals surface area contributed by atoms with Crippen molar-refractivity contribution in [1.29, 1.82) is 5.26 Å². The maximum absolute atomic E-state index is 11.4. The Kier molecular flexibility index (Phi) is 4.06. The highest BCUT2D eigenvalue weighted by Crippen LogP contribution is 2.09. The molecule has 0 aliphatic rings. The average molecular weight is 233 g/mol. The first-order valence-electron chi connectivity index (χ1n) is 4.83. The summed E-state index contributed by atoms with van der Waals surface area (Å²) in [5.74, 6) is -1.12. The van der Waals surface area contributed by atoms with Crippen LogP contribution in [0.2, 0.25) is 0 Å². The van der Waals surface area contributed by atoms with Gasteiger partial charge in [0.05, 0.1) is 11.6 Å². The molecule has 17 heavy (non-hydrogen) atoms. The summed E-state index contributed by atoms with van der Waals surface area (Å²) in [7, 11) is 0. The van der Waals surface area contributed by atoms with Gasteiger partial charge in [0.1, 0.15) is 6.04 Å². The fourth-order valence-electron chi connectivity index (χ4n) is 1.09. The Morgan fingerprint density at radius 3 is 2.76 bits per heavy atom. The number of carbonyl (C=O) groups is 2. The summed E-state index contributed by atoms with van der Waals surface area (Å²) < 4.78 is 0. The molecule has 0 bridgehead atoms. The number of urea groups is 1. The molecule has 88 valence electrons. The predicted octanol–water partition coefficient (Wildman–Crippen LogP) is 1.15. The topological polar surface area (TPSA) is 102 Å². The number of carbonyl (C=O) groups excluding carboxylic acids is 1. The number of amides is 2. The minimum Gasteiger partial charge on any atom is -0.480 e. The zero-order valence-corrected chi connectivity index (χ0v) is 9.10. The number of hydrogen-bond donors (Lipinski definition) is 3. The summed E-state index contributed by atoms with van der Waals surface area (Å²) in [6.07, 6.45) is 0. The Morgan fingerprint density at radius 1 is 1.47 bits per heavy atom. The number of benzene rings is 1. The lowest BCUT2D eigenvalue weighted by molar-refractivity contribution is -0.138. The zero-order chi connectivity index (χ0) is 12.8. The molecule has 0 unspecified atom stereocenters. The molecule has 0 spiro atoms. The van der Waals surface area contributed by atoms with E-state index in [9.17, 15) is 9.59 Å². The quantitative estimate of drug-likeness (QED) is 0.728. The average Bonchev–Trinajstić information content (AvgIpc) is 2.28. The van der Waals surface area contributed by atoms with Crippen LogP contribution in [0.1, 0.15) is 12.5 Å². The van der Waals surface area contributed by atoms with Gasteiger partial charge in [-0.15, -0.1) is 0 Å². The molecule has 0 radical (unpaired) electrons. The number of carboxylic acids is 1. The van der Waals surface area contributed by atoms with Gasteiger partial charge in [-0.25, -0.2) is 4.79 Å². The van der Waals surface area contributed by atoms with Crippen molar-refractivity contribution >= 4 is 17.7 Å². The van der Waals surface area contributed by atoms with E-state index < -0.39 is 18.0 Å². The van der Waals surface area contributed by atoms with Crippen molar-refractivity contribution < 1.29 is 14.7 Å². The highest BCUT2D eigenvalue weighted by atomic mass is 16.4. The summed E-state index contributed by atoms with van der Waals surface area (Å²) in [5, 5.41) is 21.9. The predicted molar refractivity (Wildman–Crippen MR) is 60.4 cm³/mol. The summed E-state index contributed by atoms with van der Waals surface area (Å²) in [6, 6.07) is 6.64. The normalized spacial score (nSPS) is 11.1. The molecule has 2 amide bonds. The largest absolute Gasteiger partial charge is 0.480 e. The third kappa shape index (κ3) is 3.83. The Morgan fingerprint density at radius 2 is 2.18 bits per heavy atom. The first-order valence-corrected chi connectivity index (χ1v) is 4.83. The van der Waals surface area contributed by atoms with Gasteiger partial charge < -0.3 is 15.7 Å². The summed E-state index contributed by atoms with van der Waals surface area (Å²) in [5.41, 5.74) is 0.841. The minimum atomic E-state index is -1.12. The number of rotatable bonds is 3. The highest BCUT2D eigenvalue weighted by molar-refractivity contribution is 5.92. The molecule has 0 heterocycles. The van der Waals surface area contributed by atoms with Crippen LogP contribution >= 0.6 is 0 Å². The lowest BCUT2D eigenvalue weighted by Gasteiger charge is -2.10. The standard InChI is InChI=1S/C11H11N3O3/c1-7(10(15)16)13-11(17)14-9-4-2-3-8(5-9)6-12/h2-5,7H,1H3,(H,15,16)(H2,13,14,17)/t7-/m0/s1. The number of hydrogen-bond acceptors (Lipinski definition) is 3. The number of carboxylic acid groups (broad SMARTS) is 1. The minimum absolute atomic E-state index is 0.411. The van der Waals surface area contributed by atoms with Crippen molar-refractivity contribution in [2.24, 2.45) is 0 Å². The van der Waals surface area contributed by atoms with Gasteiger partial charge in [-0.2, -0.15) is 5.26 Å². The second-order valence-corrected chi connectivity index (χ2v) is 3.35. The van der Waals surface area contributed by atoms with Crippen LogP contribution < -0.4 is 10.6 Å². The van der Waals surface area contributed by atoms with Crippen LogP contribution in [-0.2, 0) is 4.79 Å². The third-order valence-electron chi connectivity index (χ3n) is 1.97. The number of nitrogens with one attached hydrogen (secondary N) is 2. The first kappa shape index (κ1) is 12.5. The van der Waals surface area contributed by atoms with Crippen LogP contribution in [0.4, 0.5) is 10.5 Å². The van der Waals surface area contributed by atoms with E-state index in [1.165, 1.54) is 13.0 Å².